The molecule has 0 fully saturated rings. The van der Waals surface area contributed by atoms with Crippen LogP contribution in [0.15, 0.2) is 54.6 Å². The van der Waals surface area contributed by atoms with E-state index in [9.17, 15) is 225 Å². The molecule has 0 spiro atoms. The number of alkyl halides is 51. The lowest BCUT2D eigenvalue weighted by atomic mass is 9.88. The summed E-state index contributed by atoms with van der Waals surface area (Å²) in [7, 11) is 0. The number of carboxylic acids is 1. The third-order valence-electron chi connectivity index (χ3n) is 16.9. The predicted octanol–water partition coefficient (Wildman–Crippen LogP) is 24.4. The minimum atomic E-state index is -9.17. The number of ether oxygens (including phenoxy) is 4. The molecule has 0 atom stereocenters. The number of fused-ring (bicyclic) bond motifs is 3. The molecule has 0 bridgehead atoms. The largest absolute Gasteiger partial charge is 0.490 e. The molecule has 0 aliphatic carbocycles. The van der Waals surface area contributed by atoms with Crippen molar-refractivity contribution in [3.05, 3.63) is 65.7 Å². The van der Waals surface area contributed by atoms with Crippen LogP contribution in [0.2, 0.25) is 0 Å². The number of rotatable bonds is 43. The zero-order valence-electron chi connectivity index (χ0n) is 55.7. The number of halogens is 51. The Kier molecular flexibility index (Phi) is 27.9. The molecule has 0 radical (unpaired) electrons. The van der Waals surface area contributed by atoms with Crippen LogP contribution in [0, 0.1) is 0 Å². The van der Waals surface area contributed by atoms with Crippen LogP contribution in [-0.4, -0.2) is 192 Å². The van der Waals surface area contributed by atoms with Crippen molar-refractivity contribution in [2.75, 3.05) is 33.0 Å². The summed E-state index contributed by atoms with van der Waals surface area (Å²) in [5.74, 6) is -189. The number of aromatic carboxylic acids is 1. The van der Waals surface area contributed by atoms with Crippen LogP contribution in [0.3, 0.4) is 0 Å². The molecule has 117 heavy (non-hydrogen) atoms. The fraction of sp³-hybridized carbons (Fsp3) is 0.678. The molecule has 676 valence electrons. The van der Waals surface area contributed by atoms with E-state index in [4.69, 9.17) is 18.9 Å². The van der Waals surface area contributed by atoms with Crippen molar-refractivity contribution in [2.24, 2.45) is 0 Å². The van der Waals surface area contributed by atoms with Crippen molar-refractivity contribution in [3.8, 4) is 17.2 Å². The Morgan fingerprint density at radius 3 is 0.812 bits per heavy atom. The van der Waals surface area contributed by atoms with E-state index in [2.05, 4.69) is 0 Å². The quantitative estimate of drug-likeness (QED) is 0.0351. The topological polar surface area (TPSA) is 79.2 Å². The normalized spacial score (nSPS) is 15.4. The van der Waals surface area contributed by atoms with E-state index in [-0.39, 0.29) is 12.6 Å². The molecule has 0 saturated heterocycles. The number of unbranched alkanes of at least 4 members (excludes halogenated alkanes) is 3. The SMILES string of the molecule is O=C(O)c1cc(OCCCCC(F)(F)C(F)(F)C(F)(F)C(F)(F)C(F)(F)C(F)(F)C(F)(F)C(F)(F)F)c(OCCCCC(F)(F)C(F)(F)C(F)(F)C(F)(F)C(F)(F)C(F)(F)C(F)(F)C(F)(F)F)c(OCCCCC(F)(F)C(F)(F)C(F)(F)C(F)(F)C(F)(F)C(F)(F)C(F)(F)C(F)(F)F)c1CCOCCn1c2ccccc2c2ccccc21. The Bertz CT molecular complexity index is 4020. The monoisotopic (exact) mass is 1830 g/mol. The number of para-hydroxylation sites is 2. The van der Waals surface area contributed by atoms with Gasteiger partial charge in [-0.3, -0.25) is 0 Å². The fourth-order valence-electron chi connectivity index (χ4n) is 10.1. The van der Waals surface area contributed by atoms with Crippen LogP contribution in [0.25, 0.3) is 21.8 Å². The molecular weight excluding hydrogens is 1790 g/mol. The van der Waals surface area contributed by atoms with Crippen LogP contribution in [-0.2, 0) is 17.7 Å². The molecule has 1 aromatic heterocycles. The molecule has 4 rings (SSSR count). The molecule has 7 nitrogen and oxygen atoms in total. The minimum Gasteiger partial charge on any atom is -0.490 e. The van der Waals surface area contributed by atoms with E-state index in [1.54, 1.807) is 24.3 Å². The summed E-state index contributed by atoms with van der Waals surface area (Å²) in [6.07, 6.45) is -47.9. The van der Waals surface area contributed by atoms with Crippen molar-refractivity contribution in [3.63, 3.8) is 0 Å². The average molecular weight is 1830 g/mol. The summed E-state index contributed by atoms with van der Waals surface area (Å²) >= 11 is 0. The van der Waals surface area contributed by atoms with E-state index in [1.807, 2.05) is 0 Å². The highest BCUT2D eigenvalue weighted by Crippen LogP contribution is 2.69. The smallest absolute Gasteiger partial charge is 0.460 e. The van der Waals surface area contributed by atoms with Gasteiger partial charge in [0.25, 0.3) is 0 Å². The van der Waals surface area contributed by atoms with E-state index < -0.39 is 274 Å². The lowest BCUT2D eigenvalue weighted by Crippen LogP contribution is -2.74. The molecule has 0 unspecified atom stereocenters. The standard InChI is InChI=1S/C59H42F51NO6/c60-36(61,39(66,67)42(72,73)45(78,79)48(84,85)51(90,91)54(96,97)57(102,103)104)16-5-8-20-115-32-25-29(35(112)113)28(15-23-114-24-19-111-30-13-3-1-11-26(30)27-12-2-4-14-31(27)111)33(116-21-9-6-17-37(62,63)40(68,69)43(74,75)46(80,81)49(86,87)52(92,93)55(98,99)58(105,106)107)34(32)117-22-10-7-18-38(64,65)41(70,71)44(76,77)47(82,83)50(88,89)53(94,95)56(100,101)59(108,109)110/h1-4,11-14,25H,5-10,15-24H2,(H,112,113). The van der Waals surface area contributed by atoms with Gasteiger partial charge in [0.15, 0.2) is 11.5 Å². The summed E-state index contributed by atoms with van der Waals surface area (Å²) < 4.78 is 736. The lowest BCUT2D eigenvalue weighted by Gasteiger charge is -2.42. The Balaban J connectivity index is 1.88. The van der Waals surface area contributed by atoms with Gasteiger partial charge in [-0.2, -0.15) is 224 Å². The van der Waals surface area contributed by atoms with Crippen LogP contribution >= 0.6 is 0 Å². The number of carboxylic acid groups (broad SMARTS) is 1. The second-order valence-corrected chi connectivity index (χ2v) is 24.8. The Hall–Kier alpha value is -7.28. The van der Waals surface area contributed by atoms with Crippen LogP contribution < -0.4 is 14.2 Å². The molecule has 1 N–H and O–H groups in total. The third kappa shape index (κ3) is 16.4. The van der Waals surface area contributed by atoms with Crippen molar-refractivity contribution in [1.82, 2.24) is 4.57 Å². The van der Waals surface area contributed by atoms with E-state index in [0.29, 0.717) is 21.8 Å². The van der Waals surface area contributed by atoms with Gasteiger partial charge in [0.1, 0.15) is 0 Å². The van der Waals surface area contributed by atoms with Crippen molar-refractivity contribution >= 4 is 27.8 Å². The number of nitrogens with zero attached hydrogens (tertiary/aromatic N) is 1. The van der Waals surface area contributed by atoms with Crippen LogP contribution in [0.4, 0.5) is 224 Å². The molecule has 58 heteroatoms. The number of carbonyl (C=O) groups is 1. The Morgan fingerprint density at radius 2 is 0.538 bits per heavy atom. The first-order chi connectivity index (χ1) is 51.8. The zero-order chi connectivity index (χ0) is 91.9. The number of aromatic nitrogens is 1. The summed E-state index contributed by atoms with van der Waals surface area (Å²) in [4.78, 5) is 12.9. The van der Waals surface area contributed by atoms with E-state index >= 15 is 8.78 Å². The first-order valence-electron chi connectivity index (χ1n) is 30.8. The molecule has 0 aliphatic rings. The second kappa shape index (κ2) is 31.9. The molecule has 1 heterocycles. The zero-order valence-corrected chi connectivity index (χ0v) is 55.7. The van der Waals surface area contributed by atoms with Gasteiger partial charge in [-0.25, -0.2) is 4.79 Å². The van der Waals surface area contributed by atoms with Crippen molar-refractivity contribution in [1.29, 1.82) is 0 Å². The highest BCUT2D eigenvalue weighted by atomic mass is 19.5. The predicted molar refractivity (Wildman–Crippen MR) is 287 cm³/mol. The summed E-state index contributed by atoms with van der Waals surface area (Å²) in [5, 5.41) is 11.4. The van der Waals surface area contributed by atoms with Gasteiger partial charge < -0.3 is 28.6 Å². The van der Waals surface area contributed by atoms with Crippen molar-refractivity contribution < 1.29 is 253 Å². The summed E-state index contributed by atoms with van der Waals surface area (Å²) in [6.45, 7) is -7.65. The molecular formula is C59H42F51NO6. The van der Waals surface area contributed by atoms with Gasteiger partial charge in [-0.15, -0.1) is 0 Å². The van der Waals surface area contributed by atoms with Gasteiger partial charge in [0.05, 0.1) is 38.6 Å². The summed E-state index contributed by atoms with van der Waals surface area (Å²) in [5.41, 5.74) is -1.93. The number of benzene rings is 3. The number of hydrogen-bond acceptors (Lipinski definition) is 5. The molecule has 0 aliphatic heterocycles. The first-order valence-corrected chi connectivity index (χ1v) is 30.8. The lowest BCUT2D eigenvalue weighted by molar-refractivity contribution is -0.461. The maximum absolute atomic E-state index is 15.0. The minimum absolute atomic E-state index is 0.0648. The van der Waals surface area contributed by atoms with Crippen molar-refractivity contribution in [2.45, 2.75) is 214 Å². The average Bonchev–Trinajstić information content (AvgIpc) is 0.853. The van der Waals surface area contributed by atoms with E-state index in [1.165, 1.54) is 28.8 Å². The highest BCUT2D eigenvalue weighted by molar-refractivity contribution is 6.08. The maximum Gasteiger partial charge on any atom is 0.460 e. The first kappa shape index (κ1) is 102. The van der Waals surface area contributed by atoms with Gasteiger partial charge >= 0.3 is 149 Å². The second-order valence-electron chi connectivity index (χ2n) is 24.8. The maximum atomic E-state index is 15.0. The summed E-state index contributed by atoms with van der Waals surface area (Å²) in [6, 6.07) is 12.2. The highest BCUT2D eigenvalue weighted by Gasteiger charge is 2.99. The van der Waals surface area contributed by atoms with Gasteiger partial charge in [-0.05, 0) is 56.7 Å². The van der Waals surface area contributed by atoms with E-state index in [0.717, 1.165) is 0 Å². The molecule has 0 saturated carbocycles. The van der Waals surface area contributed by atoms with Crippen LogP contribution in [0.5, 0.6) is 17.2 Å². The van der Waals surface area contributed by atoms with Gasteiger partial charge in [0, 0.05) is 59.6 Å². The molecule has 3 aromatic carbocycles. The fourth-order valence-corrected chi connectivity index (χ4v) is 10.1. The molecule has 0 amide bonds. The number of hydrogen-bond donors (Lipinski definition) is 1. The van der Waals surface area contributed by atoms with Crippen LogP contribution in [0.1, 0.15) is 73.7 Å². The third-order valence-corrected chi connectivity index (χ3v) is 16.9. The van der Waals surface area contributed by atoms with Gasteiger partial charge in [0.2, 0.25) is 5.75 Å². The van der Waals surface area contributed by atoms with Gasteiger partial charge in [-0.1, -0.05) is 36.4 Å². The Morgan fingerprint density at radius 1 is 0.291 bits per heavy atom. The Labute approximate surface area is 614 Å². The molecule has 4 aromatic rings.